The molecule has 1 amide bonds. The summed E-state index contributed by atoms with van der Waals surface area (Å²) in [5.41, 5.74) is 3.35. The van der Waals surface area contributed by atoms with Gasteiger partial charge in [-0.25, -0.2) is 0 Å². The molecule has 3 aromatic rings. The lowest BCUT2D eigenvalue weighted by Gasteiger charge is -2.22. The van der Waals surface area contributed by atoms with Gasteiger partial charge in [0.1, 0.15) is 11.5 Å². The number of carbonyl (C=O) groups excluding carboxylic acids is 1. The molecule has 6 heteroatoms. The summed E-state index contributed by atoms with van der Waals surface area (Å²) in [5, 5.41) is 9.91. The maximum atomic E-state index is 12.5. The van der Waals surface area contributed by atoms with Crippen molar-refractivity contribution < 1.29 is 9.21 Å². The highest BCUT2D eigenvalue weighted by Gasteiger charge is 2.14. The van der Waals surface area contributed by atoms with Crippen LogP contribution in [0.4, 0.5) is 0 Å². The van der Waals surface area contributed by atoms with Crippen molar-refractivity contribution in [3.63, 3.8) is 0 Å². The van der Waals surface area contributed by atoms with Gasteiger partial charge in [-0.1, -0.05) is 24.3 Å². The summed E-state index contributed by atoms with van der Waals surface area (Å²) in [4.78, 5) is 14.7. The molecule has 3 rings (SSSR count). The van der Waals surface area contributed by atoms with Crippen molar-refractivity contribution in [3.8, 4) is 11.5 Å². The average molecular weight is 366 g/mol. The van der Waals surface area contributed by atoms with Gasteiger partial charge >= 0.3 is 0 Å². The smallest absolute Gasteiger partial charge is 0.272 e. The van der Waals surface area contributed by atoms with Crippen LogP contribution in [-0.4, -0.2) is 34.1 Å². The van der Waals surface area contributed by atoms with E-state index in [2.05, 4.69) is 47.4 Å². The van der Waals surface area contributed by atoms with Gasteiger partial charge in [0.25, 0.3) is 5.91 Å². The van der Waals surface area contributed by atoms with Crippen LogP contribution >= 0.6 is 0 Å². The lowest BCUT2D eigenvalue weighted by Crippen LogP contribution is -2.27. The van der Waals surface area contributed by atoms with E-state index >= 15 is 0 Å². The van der Waals surface area contributed by atoms with Gasteiger partial charge in [0.15, 0.2) is 11.5 Å². The van der Waals surface area contributed by atoms with E-state index in [4.69, 9.17) is 4.42 Å². The molecule has 27 heavy (non-hydrogen) atoms. The topological polar surface area (TPSA) is 74.2 Å². The molecule has 0 saturated carbocycles. The van der Waals surface area contributed by atoms with Gasteiger partial charge in [-0.05, 0) is 51.1 Å². The Morgan fingerprint density at radius 3 is 2.63 bits per heavy atom. The van der Waals surface area contributed by atoms with Crippen LogP contribution in [0.25, 0.3) is 11.5 Å². The predicted octanol–water partition coefficient (Wildman–Crippen LogP) is 3.75. The summed E-state index contributed by atoms with van der Waals surface area (Å²) in [6.45, 7) is 7.51. The Morgan fingerprint density at radius 1 is 1.22 bits per heavy atom. The second kappa shape index (κ2) is 8.22. The number of hydrogen-bond donors (Lipinski definition) is 2. The SMILES string of the molecule is Cc1ccc(-c2cc(C(=O)NCc3ccccc3CN(C)C(C)C)n[nH]2)o1. The fourth-order valence-corrected chi connectivity index (χ4v) is 2.75. The Labute approximate surface area is 159 Å². The summed E-state index contributed by atoms with van der Waals surface area (Å²) in [6, 6.07) is 14.1. The number of nitrogens with one attached hydrogen (secondary N) is 2. The third kappa shape index (κ3) is 4.65. The molecule has 0 fully saturated rings. The van der Waals surface area contributed by atoms with Crippen molar-refractivity contribution in [2.24, 2.45) is 0 Å². The zero-order valence-corrected chi connectivity index (χ0v) is 16.2. The highest BCUT2D eigenvalue weighted by molar-refractivity contribution is 5.93. The molecule has 0 aliphatic rings. The average Bonchev–Trinajstić information content (AvgIpc) is 3.29. The number of H-pyrrole nitrogens is 1. The van der Waals surface area contributed by atoms with Gasteiger partial charge < -0.3 is 9.73 Å². The molecule has 0 atom stereocenters. The second-order valence-electron chi connectivity index (χ2n) is 7.04. The lowest BCUT2D eigenvalue weighted by atomic mass is 10.1. The van der Waals surface area contributed by atoms with Crippen LogP contribution in [0.2, 0.25) is 0 Å². The molecule has 0 saturated heterocycles. The van der Waals surface area contributed by atoms with Crippen LogP contribution in [0.5, 0.6) is 0 Å². The number of nitrogens with zero attached hydrogens (tertiary/aromatic N) is 2. The highest BCUT2D eigenvalue weighted by atomic mass is 16.3. The number of rotatable bonds is 7. The molecule has 0 aliphatic heterocycles. The summed E-state index contributed by atoms with van der Waals surface area (Å²) in [7, 11) is 2.10. The lowest BCUT2D eigenvalue weighted by molar-refractivity contribution is 0.0945. The van der Waals surface area contributed by atoms with E-state index in [0.29, 0.717) is 29.7 Å². The zero-order valence-electron chi connectivity index (χ0n) is 16.2. The molecule has 0 radical (unpaired) electrons. The first-order chi connectivity index (χ1) is 12.9. The molecule has 142 valence electrons. The van der Waals surface area contributed by atoms with E-state index in [1.807, 2.05) is 37.3 Å². The van der Waals surface area contributed by atoms with Crippen molar-refractivity contribution >= 4 is 5.91 Å². The number of aromatic nitrogens is 2. The molecule has 0 aliphatic carbocycles. The van der Waals surface area contributed by atoms with E-state index in [9.17, 15) is 4.79 Å². The summed E-state index contributed by atoms with van der Waals surface area (Å²) < 4.78 is 5.56. The van der Waals surface area contributed by atoms with Crippen molar-refractivity contribution in [2.45, 2.75) is 39.9 Å². The molecule has 2 aromatic heterocycles. The maximum absolute atomic E-state index is 12.5. The number of benzene rings is 1. The number of carbonyl (C=O) groups is 1. The number of amides is 1. The first-order valence-corrected chi connectivity index (χ1v) is 9.11. The fraction of sp³-hybridized carbons (Fsp3) is 0.333. The molecular formula is C21H26N4O2. The largest absolute Gasteiger partial charge is 0.460 e. The van der Waals surface area contributed by atoms with E-state index in [-0.39, 0.29) is 5.91 Å². The van der Waals surface area contributed by atoms with Crippen LogP contribution in [0, 0.1) is 6.92 Å². The minimum absolute atomic E-state index is 0.215. The number of aryl methyl sites for hydroxylation is 1. The van der Waals surface area contributed by atoms with Gasteiger partial charge in [0.05, 0.1) is 0 Å². The minimum atomic E-state index is -0.215. The third-order valence-corrected chi connectivity index (χ3v) is 4.68. The fourth-order valence-electron chi connectivity index (χ4n) is 2.75. The summed E-state index contributed by atoms with van der Waals surface area (Å²) >= 11 is 0. The van der Waals surface area contributed by atoms with Crippen molar-refractivity contribution in [1.29, 1.82) is 0 Å². The second-order valence-corrected chi connectivity index (χ2v) is 7.04. The van der Waals surface area contributed by atoms with Gasteiger partial charge in [-0.3, -0.25) is 14.8 Å². The van der Waals surface area contributed by atoms with Gasteiger partial charge in [-0.2, -0.15) is 5.10 Å². The van der Waals surface area contributed by atoms with E-state index < -0.39 is 0 Å². The van der Waals surface area contributed by atoms with Crippen LogP contribution in [-0.2, 0) is 13.1 Å². The van der Waals surface area contributed by atoms with Crippen LogP contribution in [0.1, 0.15) is 41.2 Å². The van der Waals surface area contributed by atoms with Gasteiger partial charge in [0, 0.05) is 25.2 Å². The first kappa shape index (κ1) is 18.9. The first-order valence-electron chi connectivity index (χ1n) is 9.11. The minimum Gasteiger partial charge on any atom is -0.460 e. The predicted molar refractivity (Wildman–Crippen MR) is 105 cm³/mol. The van der Waals surface area contributed by atoms with Crippen molar-refractivity contribution in [2.75, 3.05) is 7.05 Å². The Bertz CT molecular complexity index is 910. The Hall–Kier alpha value is -2.86. The molecule has 2 N–H and O–H groups in total. The van der Waals surface area contributed by atoms with Crippen molar-refractivity contribution in [1.82, 2.24) is 20.4 Å². The standard InChI is InChI=1S/C21H26N4O2/c1-14(2)25(4)13-17-8-6-5-7-16(17)12-22-21(26)19-11-18(23-24-19)20-10-9-15(3)27-20/h5-11,14H,12-13H2,1-4H3,(H,22,26)(H,23,24). The summed E-state index contributed by atoms with van der Waals surface area (Å²) in [6.07, 6.45) is 0. The Kier molecular flexibility index (Phi) is 5.76. The van der Waals surface area contributed by atoms with Gasteiger partial charge in [-0.15, -0.1) is 0 Å². The van der Waals surface area contributed by atoms with Gasteiger partial charge in [0.2, 0.25) is 0 Å². The number of hydrogen-bond acceptors (Lipinski definition) is 4. The molecule has 0 unspecified atom stereocenters. The zero-order chi connectivity index (χ0) is 19.4. The normalized spacial score (nSPS) is 11.3. The molecule has 6 nitrogen and oxygen atoms in total. The Balaban J connectivity index is 1.65. The van der Waals surface area contributed by atoms with Crippen LogP contribution < -0.4 is 5.32 Å². The molecule has 2 heterocycles. The summed E-state index contributed by atoms with van der Waals surface area (Å²) in [5.74, 6) is 1.27. The van der Waals surface area contributed by atoms with E-state index in [0.717, 1.165) is 17.9 Å². The molecule has 0 bridgehead atoms. The molecular weight excluding hydrogens is 340 g/mol. The monoisotopic (exact) mass is 366 g/mol. The van der Waals surface area contributed by atoms with Crippen LogP contribution in [0.3, 0.4) is 0 Å². The quantitative estimate of drug-likeness (QED) is 0.668. The number of furan rings is 1. The highest BCUT2D eigenvalue weighted by Crippen LogP contribution is 2.20. The van der Waals surface area contributed by atoms with E-state index in [1.54, 1.807) is 6.07 Å². The van der Waals surface area contributed by atoms with Crippen LogP contribution in [0.15, 0.2) is 46.9 Å². The third-order valence-electron chi connectivity index (χ3n) is 4.68. The maximum Gasteiger partial charge on any atom is 0.272 e. The number of aromatic amines is 1. The molecule has 1 aromatic carbocycles. The van der Waals surface area contributed by atoms with Crippen molar-refractivity contribution in [3.05, 3.63) is 65.0 Å². The van der Waals surface area contributed by atoms with E-state index in [1.165, 1.54) is 5.56 Å². The Morgan fingerprint density at radius 2 is 1.96 bits per heavy atom. The molecule has 0 spiro atoms.